The van der Waals surface area contributed by atoms with Crippen molar-refractivity contribution in [2.75, 3.05) is 25.3 Å². The van der Waals surface area contributed by atoms with E-state index in [0.29, 0.717) is 28.0 Å². The third-order valence-electron chi connectivity index (χ3n) is 4.29. The number of aromatic nitrogens is 2. The maximum Gasteiger partial charge on any atom is 0.416 e. The number of methoxy groups -OCH3 is 2. The molecule has 3 aromatic rings. The van der Waals surface area contributed by atoms with Crippen molar-refractivity contribution in [3.8, 4) is 11.5 Å². The zero-order valence-electron chi connectivity index (χ0n) is 15.5. The van der Waals surface area contributed by atoms with Gasteiger partial charge in [-0.05, 0) is 30.7 Å². The second kappa shape index (κ2) is 7.41. The van der Waals surface area contributed by atoms with Crippen molar-refractivity contribution in [2.45, 2.75) is 19.1 Å². The van der Waals surface area contributed by atoms with Crippen molar-refractivity contribution in [3.05, 3.63) is 47.5 Å². The largest absolute Gasteiger partial charge is 0.493 e. The Morgan fingerprint density at radius 3 is 2.36 bits per heavy atom. The molecule has 1 atom stereocenters. The number of halogens is 3. The van der Waals surface area contributed by atoms with Gasteiger partial charge in [0.1, 0.15) is 5.82 Å². The highest BCUT2D eigenvalue weighted by Gasteiger charge is 2.30. The van der Waals surface area contributed by atoms with Crippen LogP contribution in [0.15, 0.2) is 36.4 Å². The minimum absolute atomic E-state index is 0.196. The first kappa shape index (κ1) is 19.5. The lowest BCUT2D eigenvalue weighted by Gasteiger charge is -2.17. The van der Waals surface area contributed by atoms with Crippen LogP contribution in [0.1, 0.15) is 24.1 Å². The molecular weight excluding hydrogens is 373 g/mol. The number of ether oxygens (including phenoxy) is 2. The monoisotopic (exact) mass is 392 g/mol. The Hall–Kier alpha value is -3.23. The summed E-state index contributed by atoms with van der Waals surface area (Å²) in [6.45, 7) is 1.72. The van der Waals surface area contributed by atoms with Gasteiger partial charge in [0.25, 0.3) is 0 Å². The second-order valence-corrected chi connectivity index (χ2v) is 6.15. The molecule has 1 heterocycles. The van der Waals surface area contributed by atoms with E-state index in [-0.39, 0.29) is 11.8 Å². The average Bonchev–Trinajstić information content (AvgIpc) is 2.66. The summed E-state index contributed by atoms with van der Waals surface area (Å²) in [5.74, 6) is 1.38. The summed E-state index contributed by atoms with van der Waals surface area (Å²) in [7, 11) is 3.01. The molecule has 0 aliphatic rings. The van der Waals surface area contributed by atoms with Gasteiger partial charge in [-0.3, -0.25) is 0 Å². The molecule has 0 spiro atoms. The fraction of sp³-hybridized carbons (Fsp3) is 0.263. The Labute approximate surface area is 159 Å². The lowest BCUT2D eigenvalue weighted by molar-refractivity contribution is -0.137. The van der Waals surface area contributed by atoms with Gasteiger partial charge in [-0.25, -0.2) is 4.98 Å². The Bertz CT molecular complexity index is 1010. The number of nitrogen functional groups attached to an aromatic ring is 1. The third-order valence-corrected chi connectivity index (χ3v) is 4.29. The van der Waals surface area contributed by atoms with Crippen molar-refractivity contribution in [1.82, 2.24) is 9.97 Å². The number of nitrogens with two attached hydrogens (primary N) is 1. The van der Waals surface area contributed by atoms with Crippen LogP contribution in [0.4, 0.5) is 24.9 Å². The first-order chi connectivity index (χ1) is 13.2. The fourth-order valence-corrected chi connectivity index (χ4v) is 2.81. The van der Waals surface area contributed by atoms with E-state index in [1.807, 2.05) is 0 Å². The normalized spacial score (nSPS) is 12.6. The summed E-state index contributed by atoms with van der Waals surface area (Å²) in [6, 6.07) is 7.94. The highest BCUT2D eigenvalue weighted by Crippen LogP contribution is 2.34. The van der Waals surface area contributed by atoms with Crippen molar-refractivity contribution in [3.63, 3.8) is 0 Å². The molecule has 148 valence electrons. The van der Waals surface area contributed by atoms with E-state index in [1.165, 1.54) is 20.3 Å². The highest BCUT2D eigenvalue weighted by molar-refractivity contribution is 5.91. The van der Waals surface area contributed by atoms with Gasteiger partial charge in [0.2, 0.25) is 5.95 Å². The smallest absolute Gasteiger partial charge is 0.416 e. The molecule has 0 aliphatic carbocycles. The third kappa shape index (κ3) is 3.88. The second-order valence-electron chi connectivity index (χ2n) is 6.15. The number of nitrogens with one attached hydrogen (secondary N) is 1. The molecule has 0 amide bonds. The van der Waals surface area contributed by atoms with E-state index in [9.17, 15) is 13.2 Å². The van der Waals surface area contributed by atoms with E-state index < -0.39 is 17.8 Å². The Morgan fingerprint density at radius 2 is 1.71 bits per heavy atom. The number of alkyl halides is 3. The zero-order valence-corrected chi connectivity index (χ0v) is 15.5. The van der Waals surface area contributed by atoms with Crippen LogP contribution in [0.3, 0.4) is 0 Å². The number of rotatable bonds is 5. The molecule has 0 radical (unpaired) electrons. The van der Waals surface area contributed by atoms with E-state index >= 15 is 0 Å². The lowest BCUT2D eigenvalue weighted by atomic mass is 10.1. The molecule has 3 rings (SSSR count). The summed E-state index contributed by atoms with van der Waals surface area (Å²) in [6.07, 6.45) is -4.41. The minimum atomic E-state index is -4.41. The molecule has 3 N–H and O–H groups in total. The van der Waals surface area contributed by atoms with Crippen LogP contribution in [0.5, 0.6) is 11.5 Å². The lowest BCUT2D eigenvalue weighted by Crippen LogP contribution is -2.12. The van der Waals surface area contributed by atoms with E-state index in [1.54, 1.807) is 25.1 Å². The molecule has 2 aromatic carbocycles. The van der Waals surface area contributed by atoms with Crippen molar-refractivity contribution < 1.29 is 22.6 Å². The molecule has 0 fully saturated rings. The Morgan fingerprint density at radius 1 is 1.04 bits per heavy atom. The van der Waals surface area contributed by atoms with Crippen LogP contribution < -0.4 is 20.5 Å². The number of hydrogen-bond donors (Lipinski definition) is 2. The molecule has 0 unspecified atom stereocenters. The zero-order chi connectivity index (χ0) is 20.5. The van der Waals surface area contributed by atoms with E-state index in [2.05, 4.69) is 15.3 Å². The van der Waals surface area contributed by atoms with Gasteiger partial charge in [0, 0.05) is 11.5 Å². The van der Waals surface area contributed by atoms with Gasteiger partial charge >= 0.3 is 6.18 Å². The molecule has 28 heavy (non-hydrogen) atoms. The molecular formula is C19H19F3N4O2. The van der Waals surface area contributed by atoms with Crippen LogP contribution in [0.2, 0.25) is 0 Å². The quantitative estimate of drug-likeness (QED) is 0.669. The topological polar surface area (TPSA) is 82.3 Å². The Kier molecular flexibility index (Phi) is 5.17. The van der Waals surface area contributed by atoms with Crippen LogP contribution in [-0.2, 0) is 6.18 Å². The predicted octanol–water partition coefficient (Wildman–Crippen LogP) is 4.42. The summed E-state index contributed by atoms with van der Waals surface area (Å²) in [5.41, 5.74) is 6.28. The number of hydrogen-bond acceptors (Lipinski definition) is 6. The first-order valence-corrected chi connectivity index (χ1v) is 8.36. The fourth-order valence-electron chi connectivity index (χ4n) is 2.81. The predicted molar refractivity (Wildman–Crippen MR) is 101 cm³/mol. The van der Waals surface area contributed by atoms with Crippen molar-refractivity contribution >= 4 is 22.7 Å². The van der Waals surface area contributed by atoms with Crippen molar-refractivity contribution in [2.24, 2.45) is 0 Å². The van der Waals surface area contributed by atoms with Gasteiger partial charge in [0.05, 0.1) is 31.3 Å². The van der Waals surface area contributed by atoms with Gasteiger partial charge in [-0.2, -0.15) is 18.2 Å². The van der Waals surface area contributed by atoms with Gasteiger partial charge < -0.3 is 20.5 Å². The van der Waals surface area contributed by atoms with Gasteiger partial charge in [-0.15, -0.1) is 0 Å². The molecule has 0 saturated carbocycles. The molecule has 1 aromatic heterocycles. The molecule has 0 aliphatic heterocycles. The van der Waals surface area contributed by atoms with Crippen molar-refractivity contribution in [1.29, 1.82) is 0 Å². The summed E-state index contributed by atoms with van der Waals surface area (Å²) >= 11 is 0. The number of benzene rings is 2. The van der Waals surface area contributed by atoms with Crippen LogP contribution in [0.25, 0.3) is 10.9 Å². The highest BCUT2D eigenvalue weighted by atomic mass is 19.4. The van der Waals surface area contributed by atoms with Crippen LogP contribution in [0, 0.1) is 0 Å². The van der Waals surface area contributed by atoms with Gasteiger partial charge in [-0.1, -0.05) is 12.1 Å². The first-order valence-electron chi connectivity index (χ1n) is 8.36. The summed E-state index contributed by atoms with van der Waals surface area (Å²) in [4.78, 5) is 8.60. The number of nitrogens with zero attached hydrogens (tertiary/aromatic N) is 2. The van der Waals surface area contributed by atoms with Crippen LogP contribution >= 0.6 is 0 Å². The standard InChI is InChI=1S/C19H19F3N4O2/c1-10(11-5-4-6-12(7-11)19(20,21)22)24-18-25-14-9-16(28-3)15(27-2)8-13(14)17(23)26-18/h4-10H,1-3H3,(H3,23,24,25,26)/t10-/m0/s1. The maximum atomic E-state index is 12.9. The maximum absolute atomic E-state index is 12.9. The van der Waals surface area contributed by atoms with E-state index in [4.69, 9.17) is 15.2 Å². The number of anilines is 2. The summed E-state index contributed by atoms with van der Waals surface area (Å²) in [5, 5.41) is 3.57. The molecule has 0 bridgehead atoms. The van der Waals surface area contributed by atoms with Gasteiger partial charge in [0.15, 0.2) is 11.5 Å². The average molecular weight is 392 g/mol. The van der Waals surface area contributed by atoms with E-state index in [0.717, 1.165) is 12.1 Å². The SMILES string of the molecule is COc1cc2nc(N[C@@H](C)c3cccc(C(F)(F)F)c3)nc(N)c2cc1OC. The summed E-state index contributed by atoms with van der Waals surface area (Å²) < 4.78 is 49.3. The Balaban J connectivity index is 1.94. The molecule has 9 heteroatoms. The molecule has 6 nitrogen and oxygen atoms in total. The minimum Gasteiger partial charge on any atom is -0.493 e. The molecule has 0 saturated heterocycles. The van der Waals surface area contributed by atoms with Crippen LogP contribution in [-0.4, -0.2) is 24.2 Å². The number of fused-ring (bicyclic) bond motifs is 1.